The molecule has 0 aliphatic heterocycles. The molecule has 4 nitrogen and oxygen atoms in total. The fourth-order valence-corrected chi connectivity index (χ4v) is 2.21. The lowest BCUT2D eigenvalue weighted by Gasteiger charge is -2.25. The molecule has 5 heteroatoms. The topological polar surface area (TPSA) is 62.2 Å². The number of hydrogen-bond acceptors (Lipinski definition) is 4. The van der Waals surface area contributed by atoms with Crippen molar-refractivity contribution in [2.24, 2.45) is 5.41 Å². The summed E-state index contributed by atoms with van der Waals surface area (Å²) in [5.74, 6) is -0.00440. The Kier molecular flexibility index (Phi) is 5.94. The zero-order chi connectivity index (χ0) is 14.5. The van der Waals surface area contributed by atoms with Gasteiger partial charge in [0, 0.05) is 18.3 Å². The van der Waals surface area contributed by atoms with E-state index in [1.54, 1.807) is 11.3 Å². The Morgan fingerprint density at radius 3 is 2.74 bits per heavy atom. The third-order valence-electron chi connectivity index (χ3n) is 3.00. The Morgan fingerprint density at radius 2 is 2.21 bits per heavy atom. The maximum absolute atomic E-state index is 11.6. The first-order valence-electron chi connectivity index (χ1n) is 6.65. The predicted octanol–water partition coefficient (Wildman–Crippen LogP) is 2.30. The number of aliphatic hydroxyl groups excluding tert-OH is 1. The standard InChI is InChI=1S/C14H24N2O2S/c1-10-16-11(9-19-10)6-5-7-13(18)15-8-12(17)14(2,3)4/h9,12,17H,5-8H2,1-4H3,(H,15,18). The number of aliphatic hydroxyl groups is 1. The molecule has 19 heavy (non-hydrogen) atoms. The van der Waals surface area contributed by atoms with Crippen molar-refractivity contribution in [3.63, 3.8) is 0 Å². The summed E-state index contributed by atoms with van der Waals surface area (Å²) in [6, 6.07) is 0. The molecule has 1 heterocycles. The third-order valence-corrected chi connectivity index (χ3v) is 3.82. The third kappa shape index (κ3) is 6.16. The molecule has 1 aromatic rings. The minimum absolute atomic E-state index is 0.00440. The summed E-state index contributed by atoms with van der Waals surface area (Å²) in [6.45, 7) is 8.16. The van der Waals surface area contributed by atoms with Crippen molar-refractivity contribution in [3.8, 4) is 0 Å². The maximum atomic E-state index is 11.6. The number of aryl methyl sites for hydroxylation is 2. The van der Waals surface area contributed by atoms with E-state index in [0.717, 1.165) is 23.5 Å². The first-order valence-corrected chi connectivity index (χ1v) is 7.53. The highest BCUT2D eigenvalue weighted by molar-refractivity contribution is 7.09. The Balaban J connectivity index is 2.18. The minimum Gasteiger partial charge on any atom is -0.391 e. The number of aromatic nitrogens is 1. The zero-order valence-corrected chi connectivity index (χ0v) is 13.0. The van der Waals surface area contributed by atoms with Crippen LogP contribution in [-0.4, -0.2) is 28.6 Å². The highest BCUT2D eigenvalue weighted by Crippen LogP contribution is 2.18. The van der Waals surface area contributed by atoms with E-state index in [1.807, 2.05) is 33.1 Å². The molecule has 1 atom stereocenters. The Bertz CT molecular complexity index is 410. The molecule has 0 radical (unpaired) electrons. The molecule has 2 N–H and O–H groups in total. The van der Waals surface area contributed by atoms with Gasteiger partial charge < -0.3 is 10.4 Å². The van der Waals surface area contributed by atoms with Crippen LogP contribution in [0.4, 0.5) is 0 Å². The number of thiazole rings is 1. The fourth-order valence-electron chi connectivity index (χ4n) is 1.56. The van der Waals surface area contributed by atoms with Gasteiger partial charge in [-0.2, -0.15) is 0 Å². The highest BCUT2D eigenvalue weighted by atomic mass is 32.1. The van der Waals surface area contributed by atoms with E-state index >= 15 is 0 Å². The van der Waals surface area contributed by atoms with E-state index in [1.165, 1.54) is 0 Å². The second-order valence-electron chi connectivity index (χ2n) is 5.90. The molecule has 0 aliphatic carbocycles. The quantitative estimate of drug-likeness (QED) is 0.842. The van der Waals surface area contributed by atoms with Crippen LogP contribution >= 0.6 is 11.3 Å². The van der Waals surface area contributed by atoms with Crippen LogP contribution in [0.2, 0.25) is 0 Å². The van der Waals surface area contributed by atoms with Crippen molar-refractivity contribution in [2.45, 2.75) is 53.1 Å². The van der Waals surface area contributed by atoms with Gasteiger partial charge in [-0.3, -0.25) is 4.79 Å². The second kappa shape index (κ2) is 7.01. The van der Waals surface area contributed by atoms with Gasteiger partial charge in [-0.05, 0) is 25.2 Å². The van der Waals surface area contributed by atoms with Crippen molar-refractivity contribution in [2.75, 3.05) is 6.54 Å². The molecule has 1 amide bonds. The number of nitrogens with one attached hydrogen (secondary N) is 1. The van der Waals surface area contributed by atoms with Crippen LogP contribution in [-0.2, 0) is 11.2 Å². The monoisotopic (exact) mass is 284 g/mol. The lowest BCUT2D eigenvalue weighted by atomic mass is 9.89. The van der Waals surface area contributed by atoms with Crippen LogP contribution in [0.3, 0.4) is 0 Å². The largest absolute Gasteiger partial charge is 0.391 e. The van der Waals surface area contributed by atoms with Crippen molar-refractivity contribution >= 4 is 17.2 Å². The van der Waals surface area contributed by atoms with Gasteiger partial charge >= 0.3 is 0 Å². The molecule has 0 saturated heterocycles. The molecule has 0 aromatic carbocycles. The molecular formula is C14H24N2O2S. The van der Waals surface area contributed by atoms with Crippen molar-refractivity contribution < 1.29 is 9.90 Å². The minimum atomic E-state index is -0.516. The SMILES string of the molecule is Cc1nc(CCCC(=O)NCC(O)C(C)(C)C)cs1. The maximum Gasteiger partial charge on any atom is 0.220 e. The van der Waals surface area contributed by atoms with Crippen LogP contribution < -0.4 is 5.32 Å². The lowest BCUT2D eigenvalue weighted by molar-refractivity contribution is -0.122. The van der Waals surface area contributed by atoms with Gasteiger partial charge in [-0.1, -0.05) is 20.8 Å². The average Bonchev–Trinajstić information content (AvgIpc) is 2.70. The van der Waals surface area contributed by atoms with Crippen LogP contribution in [0.5, 0.6) is 0 Å². The average molecular weight is 284 g/mol. The molecule has 0 bridgehead atoms. The number of rotatable bonds is 6. The van der Waals surface area contributed by atoms with Gasteiger partial charge in [0.1, 0.15) is 0 Å². The normalized spacial score (nSPS) is 13.3. The number of carbonyl (C=O) groups is 1. The Labute approximate surface area is 119 Å². The molecular weight excluding hydrogens is 260 g/mol. The second-order valence-corrected chi connectivity index (χ2v) is 6.96. The van der Waals surface area contributed by atoms with Crippen LogP contribution in [0.15, 0.2) is 5.38 Å². The molecule has 0 aliphatic rings. The molecule has 1 aromatic heterocycles. The smallest absolute Gasteiger partial charge is 0.220 e. The van der Waals surface area contributed by atoms with Crippen molar-refractivity contribution in [1.82, 2.24) is 10.3 Å². The number of hydrogen-bond donors (Lipinski definition) is 2. The van der Waals surface area contributed by atoms with Crippen LogP contribution in [0.25, 0.3) is 0 Å². The predicted molar refractivity (Wildman–Crippen MR) is 78.3 cm³/mol. The van der Waals surface area contributed by atoms with Gasteiger partial charge in [0.05, 0.1) is 16.8 Å². The van der Waals surface area contributed by atoms with E-state index < -0.39 is 6.10 Å². The summed E-state index contributed by atoms with van der Waals surface area (Å²) in [7, 11) is 0. The van der Waals surface area contributed by atoms with E-state index in [0.29, 0.717) is 13.0 Å². The first kappa shape index (κ1) is 16.1. The van der Waals surface area contributed by atoms with Crippen LogP contribution in [0, 0.1) is 12.3 Å². The molecule has 108 valence electrons. The number of carbonyl (C=O) groups excluding carboxylic acids is 1. The van der Waals surface area contributed by atoms with E-state index in [4.69, 9.17) is 0 Å². The number of amides is 1. The Morgan fingerprint density at radius 1 is 1.53 bits per heavy atom. The highest BCUT2D eigenvalue weighted by Gasteiger charge is 2.22. The van der Waals surface area contributed by atoms with Crippen molar-refractivity contribution in [3.05, 3.63) is 16.1 Å². The van der Waals surface area contributed by atoms with Gasteiger partial charge in [0.2, 0.25) is 5.91 Å². The molecule has 1 unspecified atom stereocenters. The van der Waals surface area contributed by atoms with Gasteiger partial charge in [0.25, 0.3) is 0 Å². The molecule has 0 fully saturated rings. The lowest BCUT2D eigenvalue weighted by Crippen LogP contribution is -2.39. The summed E-state index contributed by atoms with van der Waals surface area (Å²) in [5, 5.41) is 15.7. The summed E-state index contributed by atoms with van der Waals surface area (Å²) < 4.78 is 0. The van der Waals surface area contributed by atoms with Crippen LogP contribution in [0.1, 0.15) is 44.3 Å². The summed E-state index contributed by atoms with van der Waals surface area (Å²) in [5.41, 5.74) is 0.857. The summed E-state index contributed by atoms with van der Waals surface area (Å²) >= 11 is 1.64. The molecule has 1 rings (SSSR count). The van der Waals surface area contributed by atoms with Crippen molar-refractivity contribution in [1.29, 1.82) is 0 Å². The Hall–Kier alpha value is -0.940. The molecule has 0 saturated carbocycles. The van der Waals surface area contributed by atoms with E-state index in [2.05, 4.69) is 10.3 Å². The van der Waals surface area contributed by atoms with Gasteiger partial charge in [0.15, 0.2) is 0 Å². The summed E-state index contributed by atoms with van der Waals surface area (Å²) in [6.07, 6.45) is 1.59. The van der Waals surface area contributed by atoms with Gasteiger partial charge in [-0.25, -0.2) is 4.98 Å². The van der Waals surface area contributed by atoms with E-state index in [-0.39, 0.29) is 11.3 Å². The molecule has 0 spiro atoms. The first-order chi connectivity index (χ1) is 8.79. The zero-order valence-electron chi connectivity index (χ0n) is 12.2. The number of nitrogens with zero attached hydrogens (tertiary/aromatic N) is 1. The van der Waals surface area contributed by atoms with Gasteiger partial charge in [-0.15, -0.1) is 11.3 Å². The summed E-state index contributed by atoms with van der Waals surface area (Å²) in [4.78, 5) is 16.0. The fraction of sp³-hybridized carbons (Fsp3) is 0.714. The van der Waals surface area contributed by atoms with E-state index in [9.17, 15) is 9.90 Å².